The van der Waals surface area contributed by atoms with E-state index in [1.165, 1.54) is 43.4 Å². The summed E-state index contributed by atoms with van der Waals surface area (Å²) in [6.45, 7) is 0.892. The highest BCUT2D eigenvalue weighted by molar-refractivity contribution is 7.80. The number of aryl methyl sites for hydroxylation is 1. The van der Waals surface area contributed by atoms with Gasteiger partial charge < -0.3 is 10.6 Å². The summed E-state index contributed by atoms with van der Waals surface area (Å²) < 4.78 is 0. The second-order valence-corrected chi connectivity index (χ2v) is 6.35. The van der Waals surface area contributed by atoms with Crippen molar-refractivity contribution in [3.63, 3.8) is 0 Å². The molecule has 2 N–H and O–H groups in total. The standard InChI is InChI=1S/C15H22N4S/c16-14(20)8-9-19(11-6-7-11)15-12-4-2-1-3-5-13(12)17-10-18-15/h10-11H,1-9H2,(H2,16,20). The Morgan fingerprint density at radius 2 is 2.05 bits per heavy atom. The van der Waals surface area contributed by atoms with Crippen LogP contribution < -0.4 is 10.6 Å². The molecule has 3 rings (SSSR count). The number of aromatic nitrogens is 2. The summed E-state index contributed by atoms with van der Waals surface area (Å²) in [5.74, 6) is 1.15. The number of hydrogen-bond acceptors (Lipinski definition) is 4. The highest BCUT2D eigenvalue weighted by atomic mass is 32.1. The summed E-state index contributed by atoms with van der Waals surface area (Å²) in [6, 6.07) is 0.631. The van der Waals surface area contributed by atoms with E-state index in [0.29, 0.717) is 11.0 Å². The lowest BCUT2D eigenvalue weighted by molar-refractivity contribution is 0.707. The second-order valence-electron chi connectivity index (χ2n) is 5.82. The third kappa shape index (κ3) is 3.08. The number of rotatable bonds is 5. The molecule has 1 fully saturated rings. The van der Waals surface area contributed by atoms with Gasteiger partial charge in [-0.1, -0.05) is 18.6 Å². The lowest BCUT2D eigenvalue weighted by Crippen LogP contribution is -2.31. The lowest BCUT2D eigenvalue weighted by atomic mass is 10.1. The molecule has 0 amide bonds. The van der Waals surface area contributed by atoms with E-state index in [1.54, 1.807) is 6.33 Å². The molecule has 2 aliphatic rings. The first-order chi connectivity index (χ1) is 9.75. The predicted octanol–water partition coefficient (Wildman–Crippen LogP) is 2.39. The molecule has 0 aromatic carbocycles. The molecule has 0 bridgehead atoms. The van der Waals surface area contributed by atoms with Gasteiger partial charge in [0.05, 0.1) is 4.99 Å². The van der Waals surface area contributed by atoms with Gasteiger partial charge in [-0.15, -0.1) is 0 Å². The van der Waals surface area contributed by atoms with Crippen molar-refractivity contribution in [2.45, 2.75) is 57.4 Å². The first kappa shape index (κ1) is 13.7. The maximum absolute atomic E-state index is 5.67. The van der Waals surface area contributed by atoms with Crippen molar-refractivity contribution >= 4 is 23.0 Å². The fourth-order valence-corrected chi connectivity index (χ4v) is 3.10. The van der Waals surface area contributed by atoms with E-state index in [-0.39, 0.29) is 0 Å². The molecule has 0 atom stereocenters. The van der Waals surface area contributed by atoms with Gasteiger partial charge in [0.15, 0.2) is 0 Å². The third-order valence-corrected chi connectivity index (χ3v) is 4.42. The zero-order valence-electron chi connectivity index (χ0n) is 11.8. The smallest absolute Gasteiger partial charge is 0.135 e. The fourth-order valence-electron chi connectivity index (χ4n) is 3.01. The molecule has 0 saturated heterocycles. The molecule has 0 aliphatic heterocycles. The van der Waals surface area contributed by atoms with E-state index in [9.17, 15) is 0 Å². The van der Waals surface area contributed by atoms with Gasteiger partial charge in [-0.25, -0.2) is 9.97 Å². The molecule has 1 aromatic rings. The molecule has 108 valence electrons. The summed E-state index contributed by atoms with van der Waals surface area (Å²) in [7, 11) is 0. The molecule has 4 nitrogen and oxygen atoms in total. The van der Waals surface area contributed by atoms with Gasteiger partial charge in [-0.2, -0.15) is 0 Å². The van der Waals surface area contributed by atoms with E-state index in [4.69, 9.17) is 18.0 Å². The Morgan fingerprint density at radius 3 is 2.80 bits per heavy atom. The highest BCUT2D eigenvalue weighted by Gasteiger charge is 2.32. The molecule has 20 heavy (non-hydrogen) atoms. The average Bonchev–Trinajstić information content (AvgIpc) is 3.25. The minimum atomic E-state index is 0.593. The Balaban J connectivity index is 1.88. The zero-order chi connectivity index (χ0) is 13.9. The van der Waals surface area contributed by atoms with Gasteiger partial charge in [-0.05, 0) is 38.5 Å². The van der Waals surface area contributed by atoms with Gasteiger partial charge in [0.25, 0.3) is 0 Å². The van der Waals surface area contributed by atoms with Crippen LogP contribution >= 0.6 is 12.2 Å². The Bertz CT molecular complexity index is 499. The number of anilines is 1. The predicted molar refractivity (Wildman–Crippen MR) is 85.1 cm³/mol. The molecule has 5 heteroatoms. The molecular formula is C15H22N4S. The Kier molecular flexibility index (Phi) is 4.15. The van der Waals surface area contributed by atoms with Gasteiger partial charge in [0.2, 0.25) is 0 Å². The quantitative estimate of drug-likeness (QED) is 0.666. The molecule has 1 aromatic heterocycles. The van der Waals surface area contributed by atoms with Crippen LogP contribution in [0.2, 0.25) is 0 Å². The van der Waals surface area contributed by atoms with E-state index < -0.39 is 0 Å². The van der Waals surface area contributed by atoms with E-state index in [0.717, 1.165) is 31.6 Å². The van der Waals surface area contributed by atoms with E-state index in [2.05, 4.69) is 14.9 Å². The van der Waals surface area contributed by atoms with Crippen molar-refractivity contribution in [3.05, 3.63) is 17.6 Å². The molecular weight excluding hydrogens is 268 g/mol. The van der Waals surface area contributed by atoms with Gasteiger partial charge in [0, 0.05) is 30.3 Å². The molecule has 2 aliphatic carbocycles. The Labute approximate surface area is 125 Å². The third-order valence-electron chi connectivity index (χ3n) is 4.21. The van der Waals surface area contributed by atoms with Gasteiger partial charge in [-0.3, -0.25) is 0 Å². The largest absolute Gasteiger partial charge is 0.393 e. The molecule has 0 radical (unpaired) electrons. The van der Waals surface area contributed by atoms with Crippen LogP contribution in [0, 0.1) is 0 Å². The maximum Gasteiger partial charge on any atom is 0.135 e. The zero-order valence-corrected chi connectivity index (χ0v) is 12.7. The van der Waals surface area contributed by atoms with Crippen LogP contribution in [0.5, 0.6) is 0 Å². The first-order valence-corrected chi connectivity index (χ1v) is 8.04. The summed E-state index contributed by atoms with van der Waals surface area (Å²) in [5, 5.41) is 0. The van der Waals surface area contributed by atoms with E-state index in [1.807, 2.05) is 0 Å². The SMILES string of the molecule is NC(=S)CCN(c1ncnc2c1CCCCC2)C1CC1. The second kappa shape index (κ2) is 6.04. The molecule has 0 unspecified atom stereocenters. The Morgan fingerprint density at radius 1 is 1.25 bits per heavy atom. The highest BCUT2D eigenvalue weighted by Crippen LogP contribution is 2.34. The van der Waals surface area contributed by atoms with Crippen molar-refractivity contribution in [1.29, 1.82) is 0 Å². The molecule has 1 saturated carbocycles. The minimum absolute atomic E-state index is 0.593. The molecule has 0 spiro atoms. The van der Waals surface area contributed by atoms with Crippen molar-refractivity contribution in [2.75, 3.05) is 11.4 Å². The van der Waals surface area contributed by atoms with Crippen molar-refractivity contribution in [2.24, 2.45) is 5.73 Å². The van der Waals surface area contributed by atoms with Crippen LogP contribution in [0.15, 0.2) is 6.33 Å². The maximum atomic E-state index is 5.67. The fraction of sp³-hybridized carbons (Fsp3) is 0.667. The van der Waals surface area contributed by atoms with Crippen molar-refractivity contribution in [3.8, 4) is 0 Å². The summed E-state index contributed by atoms with van der Waals surface area (Å²) in [6.07, 6.45) is 11.0. The minimum Gasteiger partial charge on any atom is -0.393 e. The van der Waals surface area contributed by atoms with Crippen LogP contribution in [0.3, 0.4) is 0 Å². The lowest BCUT2D eigenvalue weighted by Gasteiger charge is -2.26. The summed E-state index contributed by atoms with van der Waals surface area (Å²) >= 11 is 5.03. The number of hydrogen-bond donors (Lipinski definition) is 1. The Hall–Kier alpha value is -1.23. The van der Waals surface area contributed by atoms with Crippen LogP contribution in [-0.2, 0) is 12.8 Å². The summed E-state index contributed by atoms with van der Waals surface area (Å²) in [4.78, 5) is 12.1. The monoisotopic (exact) mass is 290 g/mol. The van der Waals surface area contributed by atoms with Crippen LogP contribution in [-0.4, -0.2) is 27.5 Å². The van der Waals surface area contributed by atoms with Gasteiger partial charge >= 0.3 is 0 Å². The van der Waals surface area contributed by atoms with Gasteiger partial charge in [0.1, 0.15) is 12.1 Å². The van der Waals surface area contributed by atoms with Crippen LogP contribution in [0.4, 0.5) is 5.82 Å². The average molecular weight is 290 g/mol. The number of nitrogens with zero attached hydrogens (tertiary/aromatic N) is 3. The number of thiocarbonyl (C=S) groups is 1. The van der Waals surface area contributed by atoms with E-state index >= 15 is 0 Å². The number of fused-ring (bicyclic) bond motifs is 1. The van der Waals surface area contributed by atoms with Crippen LogP contribution in [0.1, 0.15) is 49.8 Å². The van der Waals surface area contributed by atoms with Crippen molar-refractivity contribution in [1.82, 2.24) is 9.97 Å². The normalized spacial score (nSPS) is 18.2. The molecule has 1 heterocycles. The topological polar surface area (TPSA) is 55.0 Å². The van der Waals surface area contributed by atoms with Crippen molar-refractivity contribution < 1.29 is 0 Å². The summed E-state index contributed by atoms with van der Waals surface area (Å²) in [5.41, 5.74) is 8.31. The first-order valence-electron chi connectivity index (χ1n) is 7.63. The van der Waals surface area contributed by atoms with Crippen LogP contribution in [0.25, 0.3) is 0 Å². The number of nitrogens with two attached hydrogens (primary N) is 1.